The zero-order valence-electron chi connectivity index (χ0n) is 11.2. The van der Waals surface area contributed by atoms with Crippen molar-refractivity contribution in [3.8, 4) is 5.75 Å². The summed E-state index contributed by atoms with van der Waals surface area (Å²) >= 11 is 0. The summed E-state index contributed by atoms with van der Waals surface area (Å²) in [5.74, 6) is 0.613. The summed E-state index contributed by atoms with van der Waals surface area (Å²) in [6.45, 7) is 0.661. The van der Waals surface area contributed by atoms with Crippen LogP contribution in [0, 0.1) is 11.7 Å². The van der Waals surface area contributed by atoms with E-state index in [1.807, 2.05) is 0 Å². The molecule has 20 heavy (non-hydrogen) atoms. The first kappa shape index (κ1) is 13.4. The van der Waals surface area contributed by atoms with Crippen molar-refractivity contribution in [3.05, 3.63) is 30.1 Å². The van der Waals surface area contributed by atoms with Gasteiger partial charge in [-0.25, -0.2) is 4.39 Å². The van der Waals surface area contributed by atoms with Crippen molar-refractivity contribution in [2.24, 2.45) is 5.92 Å². The van der Waals surface area contributed by atoms with Crippen LogP contribution in [0.1, 0.15) is 19.3 Å². The van der Waals surface area contributed by atoms with Crippen molar-refractivity contribution in [2.75, 3.05) is 13.1 Å². The van der Waals surface area contributed by atoms with Crippen molar-refractivity contribution >= 4 is 5.91 Å². The van der Waals surface area contributed by atoms with E-state index in [0.29, 0.717) is 31.2 Å². The normalized spacial score (nSPS) is 25.8. The number of β-amino-alcohol motifs (C(OH)–C–C–N with tert-alkyl or cyclic N) is 1. The van der Waals surface area contributed by atoms with Gasteiger partial charge in [-0.2, -0.15) is 0 Å². The Labute approximate surface area is 117 Å². The van der Waals surface area contributed by atoms with Gasteiger partial charge in [-0.1, -0.05) is 6.07 Å². The maximum atomic E-state index is 13.1. The van der Waals surface area contributed by atoms with E-state index in [1.165, 1.54) is 12.1 Å². The molecule has 1 saturated heterocycles. The standard InChI is InChI=1S/C15H18FNO3/c16-11-2-1-3-12(7-11)20-14-9-17(8-13(14)18)15(19)6-10-4-5-10/h1-3,7,10,13-14,18H,4-6,8-9H2/t13-,14-/m1/s1. The summed E-state index contributed by atoms with van der Waals surface area (Å²) in [4.78, 5) is 13.6. The average molecular weight is 279 g/mol. The number of aliphatic hydroxyl groups excluding tert-OH is 1. The fourth-order valence-electron chi connectivity index (χ4n) is 2.49. The Bertz CT molecular complexity index is 504. The molecule has 1 amide bonds. The van der Waals surface area contributed by atoms with Crippen molar-refractivity contribution in [1.29, 1.82) is 0 Å². The van der Waals surface area contributed by atoms with Crippen LogP contribution in [0.4, 0.5) is 4.39 Å². The van der Waals surface area contributed by atoms with Gasteiger partial charge in [-0.05, 0) is 30.9 Å². The smallest absolute Gasteiger partial charge is 0.223 e. The number of carbonyl (C=O) groups excluding carboxylic acids is 1. The highest BCUT2D eigenvalue weighted by Gasteiger charge is 2.37. The van der Waals surface area contributed by atoms with Crippen molar-refractivity contribution in [2.45, 2.75) is 31.5 Å². The predicted molar refractivity (Wildman–Crippen MR) is 70.7 cm³/mol. The molecule has 1 saturated carbocycles. The third-order valence-electron chi connectivity index (χ3n) is 3.83. The summed E-state index contributed by atoms with van der Waals surface area (Å²) < 4.78 is 18.7. The van der Waals surface area contributed by atoms with E-state index in [1.54, 1.807) is 17.0 Å². The number of hydrogen-bond donors (Lipinski definition) is 1. The highest BCUT2D eigenvalue weighted by Crippen LogP contribution is 2.33. The van der Waals surface area contributed by atoms with Crippen LogP contribution in [-0.2, 0) is 4.79 Å². The summed E-state index contributed by atoms with van der Waals surface area (Å²) in [6, 6.07) is 5.82. The first-order valence-electron chi connectivity index (χ1n) is 7.00. The van der Waals surface area contributed by atoms with Crippen molar-refractivity contribution < 1.29 is 19.0 Å². The molecule has 0 radical (unpaired) electrons. The van der Waals surface area contributed by atoms with Gasteiger partial charge in [0.25, 0.3) is 0 Å². The van der Waals surface area contributed by atoms with E-state index in [4.69, 9.17) is 4.74 Å². The number of hydrogen-bond acceptors (Lipinski definition) is 3. The Morgan fingerprint density at radius 1 is 1.40 bits per heavy atom. The van der Waals surface area contributed by atoms with Gasteiger partial charge in [0.05, 0.1) is 13.1 Å². The molecule has 2 aliphatic rings. The molecule has 3 rings (SSSR count). The molecule has 1 heterocycles. The number of nitrogens with zero attached hydrogens (tertiary/aromatic N) is 1. The molecule has 5 heteroatoms. The minimum absolute atomic E-state index is 0.0805. The molecule has 1 aliphatic carbocycles. The number of benzene rings is 1. The minimum Gasteiger partial charge on any atom is -0.486 e. The highest BCUT2D eigenvalue weighted by atomic mass is 19.1. The lowest BCUT2D eigenvalue weighted by molar-refractivity contribution is -0.131. The quantitative estimate of drug-likeness (QED) is 0.910. The second-order valence-electron chi connectivity index (χ2n) is 5.63. The van der Waals surface area contributed by atoms with Crippen LogP contribution >= 0.6 is 0 Å². The lowest BCUT2D eigenvalue weighted by Gasteiger charge is -2.17. The lowest BCUT2D eigenvalue weighted by Crippen LogP contribution is -2.31. The van der Waals surface area contributed by atoms with E-state index in [2.05, 4.69) is 0 Å². The Balaban J connectivity index is 1.58. The first-order chi connectivity index (χ1) is 9.61. The summed E-state index contributed by atoms with van der Waals surface area (Å²) in [7, 11) is 0. The van der Waals surface area contributed by atoms with Gasteiger partial charge < -0.3 is 14.7 Å². The van der Waals surface area contributed by atoms with Crippen LogP contribution < -0.4 is 4.74 Å². The van der Waals surface area contributed by atoms with E-state index >= 15 is 0 Å². The molecule has 0 spiro atoms. The van der Waals surface area contributed by atoms with E-state index in [9.17, 15) is 14.3 Å². The van der Waals surface area contributed by atoms with Gasteiger partial charge in [0, 0.05) is 12.5 Å². The molecule has 2 atom stereocenters. The molecular weight excluding hydrogens is 261 g/mol. The monoisotopic (exact) mass is 279 g/mol. The number of aliphatic hydroxyl groups is 1. The Morgan fingerprint density at radius 3 is 2.90 bits per heavy atom. The van der Waals surface area contributed by atoms with Crippen LogP contribution in [-0.4, -0.2) is 41.2 Å². The number of rotatable bonds is 4. The zero-order chi connectivity index (χ0) is 14.1. The van der Waals surface area contributed by atoms with Gasteiger partial charge in [-0.15, -0.1) is 0 Å². The average Bonchev–Trinajstić information content (AvgIpc) is 3.13. The van der Waals surface area contributed by atoms with Gasteiger partial charge in [0.2, 0.25) is 5.91 Å². The number of amides is 1. The molecule has 0 aromatic heterocycles. The summed E-state index contributed by atoms with van der Waals surface area (Å²) in [5, 5.41) is 9.98. The van der Waals surface area contributed by atoms with Crippen molar-refractivity contribution in [3.63, 3.8) is 0 Å². The zero-order valence-corrected chi connectivity index (χ0v) is 11.2. The van der Waals surface area contributed by atoms with E-state index in [-0.39, 0.29) is 11.7 Å². The third-order valence-corrected chi connectivity index (χ3v) is 3.83. The van der Waals surface area contributed by atoms with Gasteiger partial charge in [-0.3, -0.25) is 4.79 Å². The highest BCUT2D eigenvalue weighted by molar-refractivity contribution is 5.77. The SMILES string of the molecule is O=C(CC1CC1)N1C[C@@H](O)[C@H](Oc2cccc(F)c2)C1. The second-order valence-corrected chi connectivity index (χ2v) is 5.63. The van der Waals surface area contributed by atoms with Crippen LogP contribution in [0.25, 0.3) is 0 Å². The molecule has 108 valence electrons. The molecule has 0 unspecified atom stereocenters. The van der Waals surface area contributed by atoms with Crippen LogP contribution in [0.15, 0.2) is 24.3 Å². The molecule has 4 nitrogen and oxygen atoms in total. The van der Waals surface area contributed by atoms with E-state index < -0.39 is 12.2 Å². The maximum Gasteiger partial charge on any atom is 0.223 e. The van der Waals surface area contributed by atoms with Gasteiger partial charge in [0.15, 0.2) is 0 Å². The molecule has 1 aromatic rings. The summed E-state index contributed by atoms with van der Waals surface area (Å²) in [6.07, 6.45) is 1.62. The molecular formula is C15H18FNO3. The minimum atomic E-state index is -0.721. The molecule has 2 fully saturated rings. The fourth-order valence-corrected chi connectivity index (χ4v) is 2.49. The first-order valence-corrected chi connectivity index (χ1v) is 7.00. The summed E-state index contributed by atoms with van der Waals surface area (Å²) in [5.41, 5.74) is 0. The fraction of sp³-hybridized carbons (Fsp3) is 0.533. The molecule has 0 bridgehead atoms. The lowest BCUT2D eigenvalue weighted by atomic mass is 10.2. The van der Waals surface area contributed by atoms with Crippen molar-refractivity contribution in [1.82, 2.24) is 4.90 Å². The number of carbonyl (C=O) groups is 1. The Kier molecular flexibility index (Phi) is 3.61. The van der Waals surface area contributed by atoms with Crippen LogP contribution in [0.5, 0.6) is 5.75 Å². The Morgan fingerprint density at radius 2 is 2.20 bits per heavy atom. The number of likely N-dealkylation sites (tertiary alicyclic amines) is 1. The van der Waals surface area contributed by atoms with Gasteiger partial charge >= 0.3 is 0 Å². The topological polar surface area (TPSA) is 49.8 Å². The maximum absolute atomic E-state index is 13.1. The molecule has 1 aliphatic heterocycles. The second kappa shape index (κ2) is 5.40. The Hall–Kier alpha value is -1.62. The van der Waals surface area contributed by atoms with Crippen LogP contribution in [0.2, 0.25) is 0 Å². The predicted octanol–water partition coefficient (Wildman–Crippen LogP) is 1.58. The number of halogens is 1. The molecule has 1 N–H and O–H groups in total. The largest absolute Gasteiger partial charge is 0.486 e. The number of ether oxygens (including phenoxy) is 1. The third kappa shape index (κ3) is 3.10. The van der Waals surface area contributed by atoms with E-state index in [0.717, 1.165) is 12.8 Å². The molecule has 1 aromatic carbocycles. The van der Waals surface area contributed by atoms with Crippen LogP contribution in [0.3, 0.4) is 0 Å². The van der Waals surface area contributed by atoms with Gasteiger partial charge in [0.1, 0.15) is 23.8 Å².